The average Bonchev–Trinajstić information content (AvgIpc) is 3.52. The largest absolute Gasteiger partial charge is 0.338 e. The third kappa shape index (κ3) is 5.34. The van der Waals surface area contributed by atoms with Crippen molar-refractivity contribution in [2.45, 2.75) is 25.8 Å². The Bertz CT molecular complexity index is 870. The maximum Gasteiger partial charge on any atom is 0.256 e. The van der Waals surface area contributed by atoms with Gasteiger partial charge in [0.15, 0.2) is 0 Å². The van der Waals surface area contributed by atoms with Gasteiger partial charge < -0.3 is 16.0 Å². The van der Waals surface area contributed by atoms with Crippen LogP contribution in [0.25, 0.3) is 0 Å². The zero-order valence-corrected chi connectivity index (χ0v) is 17.8. The van der Waals surface area contributed by atoms with Gasteiger partial charge >= 0.3 is 0 Å². The summed E-state index contributed by atoms with van der Waals surface area (Å²) >= 11 is 9.76. The molecule has 0 saturated heterocycles. The molecule has 0 aromatic heterocycles. The number of halogens is 2. The second-order valence-electron chi connectivity index (χ2n) is 6.92. The van der Waals surface area contributed by atoms with Crippen LogP contribution >= 0.6 is 27.5 Å². The minimum absolute atomic E-state index is 0.134. The summed E-state index contributed by atoms with van der Waals surface area (Å²) in [7, 11) is 0. The Morgan fingerprint density at radius 2 is 1.96 bits per heavy atom. The summed E-state index contributed by atoms with van der Waals surface area (Å²) in [6, 6.07) is 12.6. The fraction of sp³-hybridized carbons (Fsp3) is 0.333. The molecule has 2 amide bonds. The number of rotatable bonds is 8. The van der Waals surface area contributed by atoms with Crippen molar-refractivity contribution in [2.75, 3.05) is 18.4 Å². The zero-order chi connectivity index (χ0) is 20.1. The molecule has 0 spiro atoms. The molecule has 7 heteroatoms. The van der Waals surface area contributed by atoms with Crippen LogP contribution < -0.4 is 11.1 Å². The van der Waals surface area contributed by atoms with Crippen molar-refractivity contribution >= 4 is 45.0 Å². The summed E-state index contributed by atoms with van der Waals surface area (Å²) in [5, 5.41) is 3.47. The van der Waals surface area contributed by atoms with Gasteiger partial charge in [0.25, 0.3) is 5.91 Å². The Labute approximate surface area is 178 Å². The first-order valence-corrected chi connectivity index (χ1v) is 10.5. The van der Waals surface area contributed by atoms with Gasteiger partial charge in [-0.3, -0.25) is 9.59 Å². The van der Waals surface area contributed by atoms with Crippen molar-refractivity contribution < 1.29 is 9.59 Å². The SMILES string of the molecule is NCCCN(Cc1cc(NC(=O)c2ccccc2Br)ccc1Cl)C(=O)C1CC1. The highest BCUT2D eigenvalue weighted by Crippen LogP contribution is 2.32. The number of hydrogen-bond donors (Lipinski definition) is 2. The van der Waals surface area contributed by atoms with Crippen molar-refractivity contribution in [1.82, 2.24) is 4.90 Å². The molecule has 1 fully saturated rings. The van der Waals surface area contributed by atoms with E-state index in [4.69, 9.17) is 17.3 Å². The number of carbonyl (C=O) groups excluding carboxylic acids is 2. The molecule has 1 saturated carbocycles. The van der Waals surface area contributed by atoms with Crippen LogP contribution in [0, 0.1) is 5.92 Å². The lowest BCUT2D eigenvalue weighted by Crippen LogP contribution is -2.33. The average molecular weight is 465 g/mol. The molecule has 3 rings (SSSR count). The lowest BCUT2D eigenvalue weighted by atomic mass is 10.1. The molecule has 148 valence electrons. The molecule has 0 radical (unpaired) electrons. The Kier molecular flexibility index (Phi) is 7.10. The van der Waals surface area contributed by atoms with E-state index in [0.29, 0.717) is 35.9 Å². The Balaban J connectivity index is 1.75. The summed E-state index contributed by atoms with van der Waals surface area (Å²) in [6.07, 6.45) is 2.65. The van der Waals surface area contributed by atoms with Crippen molar-refractivity contribution in [3.05, 3.63) is 63.1 Å². The van der Waals surface area contributed by atoms with E-state index in [1.165, 1.54) is 0 Å². The van der Waals surface area contributed by atoms with E-state index >= 15 is 0 Å². The van der Waals surface area contributed by atoms with Gasteiger partial charge in [-0.25, -0.2) is 0 Å². The molecule has 2 aromatic rings. The highest BCUT2D eigenvalue weighted by Gasteiger charge is 2.33. The van der Waals surface area contributed by atoms with Crippen molar-refractivity contribution in [1.29, 1.82) is 0 Å². The fourth-order valence-corrected chi connectivity index (χ4v) is 3.60. The number of nitrogens with zero attached hydrogens (tertiary/aromatic N) is 1. The molecule has 0 unspecified atom stereocenters. The molecule has 0 bridgehead atoms. The molecule has 0 heterocycles. The van der Waals surface area contributed by atoms with Crippen LogP contribution in [0.2, 0.25) is 5.02 Å². The third-order valence-electron chi connectivity index (χ3n) is 4.65. The first-order valence-electron chi connectivity index (χ1n) is 9.32. The first-order chi connectivity index (χ1) is 13.5. The van der Waals surface area contributed by atoms with Gasteiger partial charge in [-0.2, -0.15) is 0 Å². The van der Waals surface area contributed by atoms with Gasteiger partial charge in [-0.05, 0) is 77.6 Å². The fourth-order valence-electron chi connectivity index (χ4n) is 2.96. The Hall–Kier alpha value is -1.89. The molecule has 28 heavy (non-hydrogen) atoms. The number of nitrogens with one attached hydrogen (secondary N) is 1. The van der Waals surface area contributed by atoms with Crippen LogP contribution in [0.5, 0.6) is 0 Å². The standard InChI is InChI=1S/C21H23BrClN3O2/c22-18-5-2-1-4-17(18)20(27)25-16-8-9-19(23)15(12-16)13-26(11-3-10-24)21(28)14-6-7-14/h1-2,4-5,8-9,12,14H,3,6-7,10-11,13,24H2,(H,25,27). The number of anilines is 1. The Morgan fingerprint density at radius 3 is 2.64 bits per heavy atom. The molecule has 0 atom stereocenters. The molecular formula is C21H23BrClN3O2. The van der Waals surface area contributed by atoms with E-state index in [1.807, 2.05) is 29.2 Å². The number of benzene rings is 2. The number of amides is 2. The highest BCUT2D eigenvalue weighted by molar-refractivity contribution is 9.10. The van der Waals surface area contributed by atoms with Crippen molar-refractivity contribution in [2.24, 2.45) is 11.7 Å². The van der Waals surface area contributed by atoms with Crippen LogP contribution in [-0.4, -0.2) is 29.8 Å². The monoisotopic (exact) mass is 463 g/mol. The Morgan fingerprint density at radius 1 is 1.21 bits per heavy atom. The first kappa shape index (κ1) is 20.8. The molecule has 3 N–H and O–H groups in total. The topological polar surface area (TPSA) is 75.4 Å². The summed E-state index contributed by atoms with van der Waals surface area (Å²) in [5.41, 5.74) is 7.61. The normalized spacial score (nSPS) is 13.2. The van der Waals surface area contributed by atoms with Crippen LogP contribution in [0.15, 0.2) is 46.9 Å². The molecule has 2 aromatic carbocycles. The van der Waals surface area contributed by atoms with Gasteiger partial charge in [0.05, 0.1) is 5.56 Å². The van der Waals surface area contributed by atoms with E-state index in [-0.39, 0.29) is 17.7 Å². The minimum atomic E-state index is -0.213. The molecule has 5 nitrogen and oxygen atoms in total. The lowest BCUT2D eigenvalue weighted by Gasteiger charge is -2.23. The molecule has 1 aliphatic carbocycles. The van der Waals surface area contributed by atoms with Crippen LogP contribution in [0.3, 0.4) is 0 Å². The van der Waals surface area contributed by atoms with E-state index in [2.05, 4.69) is 21.2 Å². The van der Waals surface area contributed by atoms with E-state index in [0.717, 1.165) is 29.3 Å². The molecule has 1 aliphatic rings. The van der Waals surface area contributed by atoms with Gasteiger partial charge in [0.2, 0.25) is 5.91 Å². The van der Waals surface area contributed by atoms with Crippen LogP contribution in [0.4, 0.5) is 5.69 Å². The van der Waals surface area contributed by atoms with Gasteiger partial charge in [-0.1, -0.05) is 23.7 Å². The van der Waals surface area contributed by atoms with Crippen molar-refractivity contribution in [3.8, 4) is 0 Å². The second kappa shape index (κ2) is 9.54. The smallest absolute Gasteiger partial charge is 0.256 e. The summed E-state index contributed by atoms with van der Waals surface area (Å²) in [4.78, 5) is 27.0. The minimum Gasteiger partial charge on any atom is -0.338 e. The predicted molar refractivity (Wildman–Crippen MR) is 115 cm³/mol. The summed E-state index contributed by atoms with van der Waals surface area (Å²) in [5.74, 6) is 0.0804. The van der Waals surface area contributed by atoms with Gasteiger partial charge in [-0.15, -0.1) is 0 Å². The summed E-state index contributed by atoms with van der Waals surface area (Å²) < 4.78 is 0.727. The highest BCUT2D eigenvalue weighted by atomic mass is 79.9. The maximum atomic E-state index is 12.6. The van der Waals surface area contributed by atoms with Gasteiger partial charge in [0.1, 0.15) is 0 Å². The maximum absolute atomic E-state index is 12.6. The molecule has 0 aliphatic heterocycles. The zero-order valence-electron chi connectivity index (χ0n) is 15.5. The summed E-state index contributed by atoms with van der Waals surface area (Å²) in [6.45, 7) is 1.55. The quantitative estimate of drug-likeness (QED) is 0.606. The van der Waals surface area contributed by atoms with E-state index < -0.39 is 0 Å². The van der Waals surface area contributed by atoms with E-state index in [9.17, 15) is 9.59 Å². The molecular weight excluding hydrogens is 442 g/mol. The van der Waals surface area contributed by atoms with E-state index in [1.54, 1.807) is 18.2 Å². The van der Waals surface area contributed by atoms with Gasteiger partial charge in [0, 0.05) is 34.2 Å². The predicted octanol–water partition coefficient (Wildman–Crippen LogP) is 4.44. The third-order valence-corrected chi connectivity index (χ3v) is 5.71. The lowest BCUT2D eigenvalue weighted by molar-refractivity contribution is -0.133. The number of carbonyl (C=O) groups is 2. The van der Waals surface area contributed by atoms with Crippen molar-refractivity contribution in [3.63, 3.8) is 0 Å². The van der Waals surface area contributed by atoms with Crippen LogP contribution in [-0.2, 0) is 11.3 Å². The number of hydrogen-bond acceptors (Lipinski definition) is 3. The number of nitrogens with two attached hydrogens (primary N) is 1. The second-order valence-corrected chi connectivity index (χ2v) is 8.18. The van der Waals surface area contributed by atoms with Crippen LogP contribution in [0.1, 0.15) is 35.2 Å².